The molecule has 0 aliphatic carbocycles. The maximum atomic E-state index is 5.34. The van der Waals surface area contributed by atoms with Crippen LogP contribution < -0.4 is 17.2 Å². The first-order chi connectivity index (χ1) is 6.16. The molecule has 0 atom stereocenters. The van der Waals surface area contributed by atoms with Crippen molar-refractivity contribution in [1.82, 2.24) is 0 Å². The highest BCUT2D eigenvalue weighted by molar-refractivity contribution is 7.99. The van der Waals surface area contributed by atoms with Gasteiger partial charge in [-0.25, -0.2) is 0 Å². The lowest BCUT2D eigenvalue weighted by atomic mass is 10.8. The Balaban J connectivity index is 3.61. The van der Waals surface area contributed by atoms with Crippen LogP contribution in [0.4, 0.5) is 0 Å². The molecule has 0 aromatic heterocycles. The summed E-state index contributed by atoms with van der Waals surface area (Å²) >= 11 is 1.60. The molecule has 5 nitrogen and oxygen atoms in total. The largest absolute Gasteiger partial charge is 0.370 e. The Bertz CT molecular complexity index is 236. The summed E-state index contributed by atoms with van der Waals surface area (Å²) in [5, 5.41) is 0. The van der Waals surface area contributed by atoms with Crippen LogP contribution in [0, 0.1) is 12.3 Å². The predicted octanol–water partition coefficient (Wildman–Crippen LogP) is -1.06. The van der Waals surface area contributed by atoms with Gasteiger partial charge in [-0.05, 0) is 0 Å². The number of thioether (sulfide) groups is 1. The Hall–Kier alpha value is -1.35. The highest BCUT2D eigenvalue weighted by Crippen LogP contribution is 1.96. The summed E-state index contributed by atoms with van der Waals surface area (Å²) in [6, 6.07) is 0. The summed E-state index contributed by atoms with van der Waals surface area (Å²) < 4.78 is 0. The Morgan fingerprint density at radius 2 is 2.08 bits per heavy atom. The lowest BCUT2D eigenvalue weighted by Gasteiger charge is -1.94. The maximum absolute atomic E-state index is 5.34. The molecule has 0 aliphatic heterocycles. The van der Waals surface area contributed by atoms with E-state index in [1.165, 1.54) is 0 Å². The number of aliphatic imine (C=N–C) groups is 2. The average molecular weight is 199 g/mol. The molecule has 6 heteroatoms. The molecular weight excluding hydrogens is 186 g/mol. The van der Waals surface area contributed by atoms with Gasteiger partial charge < -0.3 is 17.2 Å². The van der Waals surface area contributed by atoms with Gasteiger partial charge in [0.15, 0.2) is 5.96 Å². The Kier molecular flexibility index (Phi) is 6.55. The fourth-order valence-electron chi connectivity index (χ4n) is 0.523. The molecule has 0 aliphatic rings. The summed E-state index contributed by atoms with van der Waals surface area (Å²) in [7, 11) is 0. The molecular formula is C7H13N5S. The fraction of sp³-hybridized carbons (Fsp3) is 0.429. The van der Waals surface area contributed by atoms with Crippen molar-refractivity contribution in [2.24, 2.45) is 27.2 Å². The average Bonchev–Trinajstić information content (AvgIpc) is 2.02. The molecule has 13 heavy (non-hydrogen) atoms. The number of rotatable bonds is 4. The highest BCUT2D eigenvalue weighted by atomic mass is 32.2. The van der Waals surface area contributed by atoms with Gasteiger partial charge in [0.2, 0.25) is 5.96 Å². The second-order valence-electron chi connectivity index (χ2n) is 2.03. The van der Waals surface area contributed by atoms with Crippen molar-refractivity contribution in [3.63, 3.8) is 0 Å². The molecule has 0 unspecified atom stereocenters. The van der Waals surface area contributed by atoms with E-state index in [0.717, 1.165) is 5.75 Å². The predicted molar refractivity (Wildman–Crippen MR) is 58.5 cm³/mol. The van der Waals surface area contributed by atoms with Crippen LogP contribution in [0.15, 0.2) is 9.98 Å². The fourth-order valence-corrected chi connectivity index (χ4v) is 1.01. The van der Waals surface area contributed by atoms with Crippen molar-refractivity contribution >= 4 is 23.7 Å². The van der Waals surface area contributed by atoms with E-state index in [1.807, 2.05) is 0 Å². The van der Waals surface area contributed by atoms with Crippen molar-refractivity contribution in [3.05, 3.63) is 0 Å². The quantitative estimate of drug-likeness (QED) is 0.232. The van der Waals surface area contributed by atoms with Gasteiger partial charge in [0, 0.05) is 5.75 Å². The molecule has 0 saturated carbocycles. The van der Waals surface area contributed by atoms with Gasteiger partial charge in [0.05, 0.1) is 12.3 Å². The summed E-state index contributed by atoms with van der Waals surface area (Å²) in [5.74, 6) is 4.01. The zero-order chi connectivity index (χ0) is 10.1. The molecule has 0 bridgehead atoms. The Morgan fingerprint density at radius 1 is 1.38 bits per heavy atom. The van der Waals surface area contributed by atoms with Gasteiger partial charge in [-0.3, -0.25) is 4.99 Å². The molecule has 0 aromatic rings. The van der Waals surface area contributed by atoms with Gasteiger partial charge >= 0.3 is 0 Å². The van der Waals surface area contributed by atoms with E-state index in [-0.39, 0.29) is 11.9 Å². The minimum Gasteiger partial charge on any atom is -0.370 e. The lowest BCUT2D eigenvalue weighted by molar-refractivity contribution is 1.12. The van der Waals surface area contributed by atoms with Crippen LogP contribution in [0.5, 0.6) is 0 Å². The normalized spacial score (nSPS) is 10.5. The Morgan fingerprint density at radius 3 is 2.62 bits per heavy atom. The first kappa shape index (κ1) is 11.6. The third-order valence-electron chi connectivity index (χ3n) is 0.938. The van der Waals surface area contributed by atoms with Crippen molar-refractivity contribution in [1.29, 1.82) is 0 Å². The SMILES string of the molecule is C#CCSCCN=C(N)N=C(N)N. The summed E-state index contributed by atoms with van der Waals surface area (Å²) in [5.41, 5.74) is 15.5. The molecule has 72 valence electrons. The number of guanidine groups is 2. The van der Waals surface area contributed by atoms with E-state index in [4.69, 9.17) is 23.6 Å². The first-order valence-electron chi connectivity index (χ1n) is 3.57. The number of nitrogens with zero attached hydrogens (tertiary/aromatic N) is 2. The maximum Gasteiger partial charge on any atom is 0.218 e. The van der Waals surface area contributed by atoms with Gasteiger partial charge in [-0.1, -0.05) is 5.92 Å². The van der Waals surface area contributed by atoms with Gasteiger partial charge in [-0.15, -0.1) is 18.2 Å². The standard InChI is InChI=1S/C7H13N5S/c1-2-4-13-5-3-11-7(10)12-6(8)9/h1H,3-5H2,(H6,8,9,10,11,12). The smallest absolute Gasteiger partial charge is 0.218 e. The van der Waals surface area contributed by atoms with Crippen molar-refractivity contribution < 1.29 is 0 Å². The summed E-state index contributed by atoms with van der Waals surface area (Å²) in [6.07, 6.45) is 5.05. The lowest BCUT2D eigenvalue weighted by Crippen LogP contribution is -2.26. The third kappa shape index (κ3) is 8.56. The van der Waals surface area contributed by atoms with E-state index in [2.05, 4.69) is 15.9 Å². The molecule has 0 rings (SSSR count). The van der Waals surface area contributed by atoms with Crippen LogP contribution in [0.2, 0.25) is 0 Å². The second kappa shape index (κ2) is 7.31. The van der Waals surface area contributed by atoms with Crippen LogP contribution in [-0.4, -0.2) is 30.0 Å². The molecule has 0 heterocycles. The van der Waals surface area contributed by atoms with E-state index < -0.39 is 0 Å². The van der Waals surface area contributed by atoms with Crippen molar-refractivity contribution in [2.75, 3.05) is 18.1 Å². The molecule has 0 saturated heterocycles. The van der Waals surface area contributed by atoms with E-state index >= 15 is 0 Å². The van der Waals surface area contributed by atoms with Gasteiger partial charge in [-0.2, -0.15) is 4.99 Å². The number of hydrogen-bond donors (Lipinski definition) is 3. The minimum atomic E-state index is -0.0856. The summed E-state index contributed by atoms with van der Waals surface area (Å²) in [6.45, 7) is 0.564. The highest BCUT2D eigenvalue weighted by Gasteiger charge is 1.88. The van der Waals surface area contributed by atoms with Crippen molar-refractivity contribution in [3.8, 4) is 12.3 Å². The first-order valence-corrected chi connectivity index (χ1v) is 4.73. The summed E-state index contributed by atoms with van der Waals surface area (Å²) in [4.78, 5) is 7.44. The molecule has 0 spiro atoms. The van der Waals surface area contributed by atoms with Crippen LogP contribution in [0.1, 0.15) is 0 Å². The topological polar surface area (TPSA) is 103 Å². The molecule has 0 aromatic carbocycles. The van der Waals surface area contributed by atoms with E-state index in [9.17, 15) is 0 Å². The van der Waals surface area contributed by atoms with Crippen LogP contribution in [0.25, 0.3) is 0 Å². The zero-order valence-corrected chi connectivity index (χ0v) is 8.05. The van der Waals surface area contributed by atoms with E-state index in [1.54, 1.807) is 11.8 Å². The monoisotopic (exact) mass is 199 g/mol. The van der Waals surface area contributed by atoms with Gasteiger partial charge in [0.1, 0.15) is 0 Å². The molecule has 0 radical (unpaired) electrons. The second-order valence-corrected chi connectivity index (χ2v) is 3.14. The minimum absolute atomic E-state index is 0.0856. The van der Waals surface area contributed by atoms with Crippen LogP contribution in [-0.2, 0) is 0 Å². The number of hydrogen-bond acceptors (Lipinski definition) is 2. The van der Waals surface area contributed by atoms with E-state index in [0.29, 0.717) is 12.3 Å². The van der Waals surface area contributed by atoms with Gasteiger partial charge in [0.25, 0.3) is 0 Å². The van der Waals surface area contributed by atoms with Crippen LogP contribution in [0.3, 0.4) is 0 Å². The molecule has 0 fully saturated rings. The third-order valence-corrected chi connectivity index (χ3v) is 1.78. The Labute approximate surface area is 81.9 Å². The molecule has 0 amide bonds. The number of terminal acetylenes is 1. The van der Waals surface area contributed by atoms with Crippen LogP contribution >= 0.6 is 11.8 Å². The molecule has 6 N–H and O–H groups in total. The van der Waals surface area contributed by atoms with Crippen molar-refractivity contribution in [2.45, 2.75) is 0 Å². The zero-order valence-electron chi connectivity index (χ0n) is 7.23. The number of nitrogens with two attached hydrogens (primary N) is 3.